The first-order valence-corrected chi connectivity index (χ1v) is 5.72. The smallest absolute Gasteiger partial charge is 0.176 e. The van der Waals surface area contributed by atoms with Gasteiger partial charge in [0.05, 0.1) is 13.1 Å². The molecule has 2 rings (SSSR count). The normalized spacial score (nSPS) is 12.7. The van der Waals surface area contributed by atoms with Crippen LogP contribution in [0, 0.1) is 13.8 Å². The van der Waals surface area contributed by atoms with E-state index in [2.05, 4.69) is 25.8 Å². The molecule has 0 aliphatic heterocycles. The molecule has 0 fully saturated rings. The summed E-state index contributed by atoms with van der Waals surface area (Å²) in [4.78, 5) is 5.78. The van der Waals surface area contributed by atoms with E-state index in [1.807, 2.05) is 26.0 Å². The molecular weight excluding hydrogens is 230 g/mol. The summed E-state index contributed by atoms with van der Waals surface area (Å²) in [7, 11) is 1.74. The highest BCUT2D eigenvalue weighted by atomic mass is 15.6. The molecule has 3 N–H and O–H groups in total. The fourth-order valence-corrected chi connectivity index (χ4v) is 1.93. The second kappa shape index (κ2) is 5.19. The average Bonchev–Trinajstić information content (AvgIpc) is 2.70. The molecule has 0 amide bonds. The minimum Gasteiger partial charge on any atom is -0.271 e. The molecule has 2 aromatic heterocycles. The van der Waals surface area contributed by atoms with Gasteiger partial charge in [-0.15, -0.1) is 10.2 Å². The molecule has 0 saturated carbocycles. The van der Waals surface area contributed by atoms with Crippen molar-refractivity contribution in [2.24, 2.45) is 12.9 Å². The van der Waals surface area contributed by atoms with Crippen molar-refractivity contribution in [3.63, 3.8) is 0 Å². The van der Waals surface area contributed by atoms with Gasteiger partial charge in [-0.05, 0) is 36.8 Å². The van der Waals surface area contributed by atoms with Crippen LogP contribution in [0.1, 0.15) is 28.8 Å². The van der Waals surface area contributed by atoms with Crippen LogP contribution in [-0.4, -0.2) is 25.2 Å². The molecule has 7 heteroatoms. The zero-order chi connectivity index (χ0) is 13.1. The molecule has 0 saturated heterocycles. The van der Waals surface area contributed by atoms with Gasteiger partial charge in [-0.3, -0.25) is 16.3 Å². The first-order chi connectivity index (χ1) is 8.58. The third-order valence-corrected chi connectivity index (χ3v) is 2.64. The molecule has 18 heavy (non-hydrogen) atoms. The molecule has 96 valence electrons. The minimum absolute atomic E-state index is 0.0467. The Morgan fingerprint density at radius 1 is 1.33 bits per heavy atom. The quantitative estimate of drug-likeness (QED) is 0.582. The van der Waals surface area contributed by atoms with Crippen molar-refractivity contribution in [1.29, 1.82) is 0 Å². The van der Waals surface area contributed by atoms with E-state index >= 15 is 0 Å². The molecule has 0 aliphatic rings. The summed E-state index contributed by atoms with van der Waals surface area (Å²) in [5, 5.41) is 11.9. The lowest BCUT2D eigenvalue weighted by molar-refractivity contribution is 0.535. The van der Waals surface area contributed by atoms with Crippen molar-refractivity contribution in [1.82, 2.24) is 30.6 Å². The van der Waals surface area contributed by atoms with Crippen LogP contribution >= 0.6 is 0 Å². The van der Waals surface area contributed by atoms with Gasteiger partial charge in [-0.25, -0.2) is 0 Å². The number of aromatic nitrogens is 5. The zero-order valence-electron chi connectivity index (χ0n) is 10.8. The van der Waals surface area contributed by atoms with Crippen LogP contribution in [0.5, 0.6) is 0 Å². The van der Waals surface area contributed by atoms with Crippen molar-refractivity contribution in [2.75, 3.05) is 0 Å². The Hall–Kier alpha value is -1.86. The van der Waals surface area contributed by atoms with Gasteiger partial charge in [0.2, 0.25) is 0 Å². The Labute approximate surface area is 105 Å². The van der Waals surface area contributed by atoms with E-state index < -0.39 is 0 Å². The number of pyridine rings is 1. The van der Waals surface area contributed by atoms with Gasteiger partial charge in [-0.2, -0.15) is 4.80 Å². The lowest BCUT2D eigenvalue weighted by atomic mass is 10.0. The van der Waals surface area contributed by atoms with Crippen LogP contribution in [-0.2, 0) is 13.5 Å². The lowest BCUT2D eigenvalue weighted by Crippen LogP contribution is -2.30. The predicted molar refractivity (Wildman–Crippen MR) is 66.3 cm³/mol. The van der Waals surface area contributed by atoms with Crippen molar-refractivity contribution in [2.45, 2.75) is 26.3 Å². The number of tetrazole rings is 1. The number of nitrogens with zero attached hydrogens (tertiary/aromatic N) is 5. The molecule has 2 heterocycles. The monoisotopic (exact) mass is 247 g/mol. The standard InChI is InChI=1S/C11H17N7/c1-7-4-9(5-8(2)13-7)10(14-12)6-11-15-17-18(3)16-11/h4-5,10,14H,6,12H2,1-3H3. The van der Waals surface area contributed by atoms with Crippen molar-refractivity contribution >= 4 is 0 Å². The van der Waals surface area contributed by atoms with E-state index in [4.69, 9.17) is 5.84 Å². The van der Waals surface area contributed by atoms with E-state index in [9.17, 15) is 0 Å². The zero-order valence-corrected chi connectivity index (χ0v) is 10.8. The van der Waals surface area contributed by atoms with E-state index in [0.29, 0.717) is 12.2 Å². The van der Waals surface area contributed by atoms with E-state index in [0.717, 1.165) is 17.0 Å². The molecule has 1 atom stereocenters. The first kappa shape index (κ1) is 12.6. The fraction of sp³-hybridized carbons (Fsp3) is 0.455. The summed E-state index contributed by atoms with van der Waals surface area (Å²) in [5.74, 6) is 6.27. The number of rotatable bonds is 4. The predicted octanol–water partition coefficient (Wildman–Crippen LogP) is -0.0310. The van der Waals surface area contributed by atoms with Crippen LogP contribution in [0.3, 0.4) is 0 Å². The van der Waals surface area contributed by atoms with E-state index in [1.165, 1.54) is 4.80 Å². The highest BCUT2D eigenvalue weighted by Crippen LogP contribution is 2.17. The summed E-state index contributed by atoms with van der Waals surface area (Å²) < 4.78 is 0. The van der Waals surface area contributed by atoms with E-state index in [-0.39, 0.29) is 6.04 Å². The number of hydrazine groups is 1. The van der Waals surface area contributed by atoms with Crippen LogP contribution in [0.4, 0.5) is 0 Å². The number of nitrogens with two attached hydrogens (primary N) is 1. The molecule has 0 bridgehead atoms. The third-order valence-electron chi connectivity index (χ3n) is 2.64. The maximum Gasteiger partial charge on any atom is 0.176 e. The van der Waals surface area contributed by atoms with Crippen LogP contribution in [0.25, 0.3) is 0 Å². The maximum atomic E-state index is 5.61. The maximum absolute atomic E-state index is 5.61. The van der Waals surface area contributed by atoms with Gasteiger partial charge in [0, 0.05) is 17.8 Å². The SMILES string of the molecule is Cc1cc(C(Cc2nnn(C)n2)NN)cc(C)n1. The Bertz CT molecular complexity index is 514. The topological polar surface area (TPSA) is 94.5 Å². The molecule has 0 spiro atoms. The minimum atomic E-state index is -0.0467. The van der Waals surface area contributed by atoms with Crippen molar-refractivity contribution in [3.8, 4) is 0 Å². The van der Waals surface area contributed by atoms with Gasteiger partial charge < -0.3 is 0 Å². The number of hydrogen-bond donors (Lipinski definition) is 2. The Morgan fingerprint density at radius 2 is 2.00 bits per heavy atom. The summed E-state index contributed by atoms with van der Waals surface area (Å²) in [6.07, 6.45) is 0.591. The Balaban J connectivity index is 2.22. The molecule has 0 radical (unpaired) electrons. The molecule has 2 aromatic rings. The van der Waals surface area contributed by atoms with E-state index in [1.54, 1.807) is 7.05 Å². The third kappa shape index (κ3) is 2.88. The summed E-state index contributed by atoms with van der Waals surface area (Å²) in [5.41, 5.74) is 5.80. The number of hydrogen-bond acceptors (Lipinski definition) is 6. The second-order valence-corrected chi connectivity index (χ2v) is 4.30. The molecule has 0 aromatic carbocycles. The largest absolute Gasteiger partial charge is 0.271 e. The Kier molecular flexibility index (Phi) is 3.63. The molecule has 7 nitrogen and oxygen atoms in total. The first-order valence-electron chi connectivity index (χ1n) is 5.72. The summed E-state index contributed by atoms with van der Waals surface area (Å²) in [6.45, 7) is 3.93. The summed E-state index contributed by atoms with van der Waals surface area (Å²) in [6, 6.07) is 3.97. The van der Waals surface area contributed by atoms with Crippen LogP contribution in [0.2, 0.25) is 0 Å². The van der Waals surface area contributed by atoms with Crippen molar-refractivity contribution in [3.05, 3.63) is 34.9 Å². The molecular formula is C11H17N7. The highest BCUT2D eigenvalue weighted by molar-refractivity contribution is 5.24. The Morgan fingerprint density at radius 3 is 2.50 bits per heavy atom. The average molecular weight is 247 g/mol. The summed E-state index contributed by atoms with van der Waals surface area (Å²) >= 11 is 0. The van der Waals surface area contributed by atoms with Gasteiger partial charge >= 0.3 is 0 Å². The van der Waals surface area contributed by atoms with Crippen LogP contribution in [0.15, 0.2) is 12.1 Å². The molecule has 0 aliphatic carbocycles. The van der Waals surface area contributed by atoms with Gasteiger partial charge in [0.1, 0.15) is 0 Å². The van der Waals surface area contributed by atoms with Crippen LogP contribution < -0.4 is 11.3 Å². The lowest BCUT2D eigenvalue weighted by Gasteiger charge is -2.15. The van der Waals surface area contributed by atoms with Gasteiger partial charge in [-0.1, -0.05) is 0 Å². The highest BCUT2D eigenvalue weighted by Gasteiger charge is 2.14. The van der Waals surface area contributed by atoms with Crippen molar-refractivity contribution < 1.29 is 0 Å². The molecule has 1 unspecified atom stereocenters. The number of nitrogens with one attached hydrogen (secondary N) is 1. The fourth-order valence-electron chi connectivity index (χ4n) is 1.93. The van der Waals surface area contributed by atoms with Gasteiger partial charge in [0.25, 0.3) is 0 Å². The van der Waals surface area contributed by atoms with Gasteiger partial charge in [0.15, 0.2) is 5.82 Å². The second-order valence-electron chi connectivity index (χ2n) is 4.30. The number of aryl methyl sites for hydroxylation is 3.